The van der Waals surface area contributed by atoms with Gasteiger partial charge in [-0.2, -0.15) is 5.10 Å². The lowest BCUT2D eigenvalue weighted by Gasteiger charge is -2.17. The van der Waals surface area contributed by atoms with Gasteiger partial charge in [-0.1, -0.05) is 6.07 Å². The molecule has 0 radical (unpaired) electrons. The second-order valence-corrected chi connectivity index (χ2v) is 4.09. The Kier molecular flexibility index (Phi) is 4.01. The zero-order chi connectivity index (χ0) is 13.0. The number of nitrogens with one attached hydrogen (secondary N) is 1. The average Bonchev–Trinajstić information content (AvgIpc) is 2.84. The normalized spacial score (nSPS) is 12.6. The maximum Gasteiger partial charge on any atom is 0.138 e. The molecule has 6 nitrogen and oxygen atoms in total. The number of hydrogen-bond donors (Lipinski definition) is 2. The van der Waals surface area contributed by atoms with E-state index in [0.29, 0.717) is 6.42 Å². The van der Waals surface area contributed by atoms with Crippen molar-refractivity contribution < 1.29 is 0 Å². The van der Waals surface area contributed by atoms with Gasteiger partial charge in [0, 0.05) is 24.9 Å². The summed E-state index contributed by atoms with van der Waals surface area (Å²) >= 11 is 0. The van der Waals surface area contributed by atoms with Crippen molar-refractivity contribution in [1.82, 2.24) is 25.2 Å². The van der Waals surface area contributed by atoms with Crippen LogP contribution in [-0.2, 0) is 13.0 Å². The van der Waals surface area contributed by atoms with Crippen LogP contribution in [0, 0.1) is 6.92 Å². The van der Waals surface area contributed by atoms with Crippen LogP contribution in [0.25, 0.3) is 0 Å². The topological polar surface area (TPSA) is 81.7 Å². The Hall–Kier alpha value is -1.79. The van der Waals surface area contributed by atoms with Crippen LogP contribution < -0.4 is 11.3 Å². The Morgan fingerprint density at radius 2 is 2.28 bits per heavy atom. The zero-order valence-corrected chi connectivity index (χ0v) is 10.7. The lowest BCUT2D eigenvalue weighted by molar-refractivity contribution is 0.507. The van der Waals surface area contributed by atoms with Crippen LogP contribution in [-0.4, -0.2) is 19.7 Å². The third-order valence-corrected chi connectivity index (χ3v) is 3.01. The molecule has 6 heteroatoms. The highest BCUT2D eigenvalue weighted by Crippen LogP contribution is 2.18. The molecule has 0 aliphatic carbocycles. The Bertz CT molecular complexity index is 507. The van der Waals surface area contributed by atoms with Gasteiger partial charge in [0.25, 0.3) is 0 Å². The first-order valence-corrected chi connectivity index (χ1v) is 6.00. The van der Waals surface area contributed by atoms with Gasteiger partial charge in [-0.05, 0) is 25.5 Å². The number of nitrogens with two attached hydrogens (primary N) is 1. The second kappa shape index (κ2) is 5.70. The molecule has 0 aromatic carbocycles. The minimum absolute atomic E-state index is 0.00630. The number of hydrogen-bond acceptors (Lipinski definition) is 5. The molecule has 0 saturated heterocycles. The summed E-state index contributed by atoms with van der Waals surface area (Å²) in [5.41, 5.74) is 4.89. The summed E-state index contributed by atoms with van der Waals surface area (Å²) in [6, 6.07) is 3.93. The average molecular weight is 246 g/mol. The number of pyridine rings is 1. The molecule has 1 atom stereocenters. The van der Waals surface area contributed by atoms with E-state index in [-0.39, 0.29) is 6.04 Å². The van der Waals surface area contributed by atoms with Crippen molar-refractivity contribution in [3.05, 3.63) is 41.7 Å². The number of aryl methyl sites for hydroxylation is 2. The monoisotopic (exact) mass is 246 g/mol. The highest BCUT2D eigenvalue weighted by Gasteiger charge is 2.16. The Morgan fingerprint density at radius 1 is 1.44 bits per heavy atom. The smallest absolute Gasteiger partial charge is 0.138 e. The maximum atomic E-state index is 5.65. The summed E-state index contributed by atoms with van der Waals surface area (Å²) in [5.74, 6) is 6.57. The van der Waals surface area contributed by atoms with E-state index < -0.39 is 0 Å². The van der Waals surface area contributed by atoms with E-state index in [2.05, 4.69) is 20.5 Å². The predicted octanol–water partition coefficient (Wildman–Crippen LogP) is 0.749. The molecule has 0 fully saturated rings. The molecule has 0 bridgehead atoms. The van der Waals surface area contributed by atoms with Crippen molar-refractivity contribution in [3.8, 4) is 0 Å². The van der Waals surface area contributed by atoms with Crippen LogP contribution in [0.2, 0.25) is 0 Å². The van der Waals surface area contributed by atoms with E-state index >= 15 is 0 Å². The minimum Gasteiger partial charge on any atom is -0.271 e. The van der Waals surface area contributed by atoms with Gasteiger partial charge in [0.2, 0.25) is 0 Å². The summed E-state index contributed by atoms with van der Waals surface area (Å²) in [5, 5.41) is 4.16. The molecule has 3 N–H and O–H groups in total. The van der Waals surface area contributed by atoms with Crippen molar-refractivity contribution in [2.75, 3.05) is 0 Å². The van der Waals surface area contributed by atoms with Crippen molar-refractivity contribution in [2.45, 2.75) is 32.9 Å². The third kappa shape index (κ3) is 2.55. The number of aromatic nitrogens is 4. The maximum absolute atomic E-state index is 5.65. The first kappa shape index (κ1) is 12.7. The molecule has 18 heavy (non-hydrogen) atoms. The van der Waals surface area contributed by atoms with Crippen molar-refractivity contribution in [3.63, 3.8) is 0 Å². The van der Waals surface area contributed by atoms with Crippen LogP contribution in [0.15, 0.2) is 24.7 Å². The van der Waals surface area contributed by atoms with Gasteiger partial charge in [0.1, 0.15) is 12.2 Å². The van der Waals surface area contributed by atoms with Crippen LogP contribution in [0.3, 0.4) is 0 Å². The fraction of sp³-hybridized carbons (Fsp3) is 0.417. The molecule has 0 aliphatic rings. The molecule has 1 unspecified atom stereocenters. The molecule has 0 spiro atoms. The van der Waals surface area contributed by atoms with Crippen molar-refractivity contribution >= 4 is 0 Å². The van der Waals surface area contributed by atoms with Crippen LogP contribution in [0.5, 0.6) is 0 Å². The predicted molar refractivity (Wildman–Crippen MR) is 68.4 cm³/mol. The molecule has 96 valence electrons. The molecule has 0 aliphatic heterocycles. The highest BCUT2D eigenvalue weighted by molar-refractivity contribution is 5.23. The Morgan fingerprint density at radius 3 is 2.94 bits per heavy atom. The largest absolute Gasteiger partial charge is 0.271 e. The van der Waals surface area contributed by atoms with Gasteiger partial charge in [-0.25, -0.2) is 4.98 Å². The van der Waals surface area contributed by atoms with Crippen LogP contribution >= 0.6 is 0 Å². The fourth-order valence-corrected chi connectivity index (χ4v) is 2.02. The third-order valence-electron chi connectivity index (χ3n) is 3.01. The summed E-state index contributed by atoms with van der Waals surface area (Å²) < 4.78 is 1.87. The molecule has 2 aromatic heterocycles. The van der Waals surface area contributed by atoms with E-state index in [1.807, 2.05) is 30.7 Å². The van der Waals surface area contributed by atoms with Crippen molar-refractivity contribution in [2.24, 2.45) is 5.84 Å². The van der Waals surface area contributed by atoms with E-state index in [4.69, 9.17) is 5.84 Å². The van der Waals surface area contributed by atoms with Gasteiger partial charge < -0.3 is 0 Å². The van der Waals surface area contributed by atoms with Gasteiger partial charge in [0.15, 0.2) is 0 Å². The second-order valence-electron chi connectivity index (χ2n) is 4.09. The molecular formula is C12H18N6. The molecule has 2 aromatic rings. The van der Waals surface area contributed by atoms with Gasteiger partial charge in [-0.15, -0.1) is 0 Å². The summed E-state index contributed by atoms with van der Waals surface area (Å²) in [6.07, 6.45) is 4.04. The van der Waals surface area contributed by atoms with E-state index in [1.54, 1.807) is 12.5 Å². The number of rotatable bonds is 5. The Labute approximate surface area is 106 Å². The highest BCUT2D eigenvalue weighted by atomic mass is 15.3. The van der Waals surface area contributed by atoms with Crippen LogP contribution in [0.4, 0.5) is 0 Å². The molecule has 2 rings (SSSR count). The molecule has 0 amide bonds. The lowest BCUT2D eigenvalue weighted by Crippen LogP contribution is -2.31. The van der Waals surface area contributed by atoms with E-state index in [0.717, 1.165) is 23.6 Å². The lowest BCUT2D eigenvalue weighted by atomic mass is 10.0. The SMILES string of the molecule is CCn1ncnc1CC(NN)c1cccnc1C. The molecule has 0 saturated carbocycles. The summed E-state index contributed by atoms with van der Waals surface area (Å²) in [6.45, 7) is 4.82. The van der Waals surface area contributed by atoms with Gasteiger partial charge >= 0.3 is 0 Å². The first-order valence-electron chi connectivity index (χ1n) is 6.00. The standard InChI is InChI=1S/C12H18N6/c1-3-18-12(15-8-16-18)7-11(17-13)10-5-4-6-14-9(10)2/h4-6,8,11,17H,3,7,13H2,1-2H3. The fourth-order valence-electron chi connectivity index (χ4n) is 2.02. The van der Waals surface area contributed by atoms with Crippen molar-refractivity contribution in [1.29, 1.82) is 0 Å². The Balaban J connectivity index is 2.23. The van der Waals surface area contributed by atoms with Crippen LogP contribution in [0.1, 0.15) is 30.0 Å². The van der Waals surface area contributed by atoms with E-state index in [1.165, 1.54) is 0 Å². The molecule has 2 heterocycles. The van der Waals surface area contributed by atoms with Gasteiger partial charge in [-0.3, -0.25) is 20.9 Å². The van der Waals surface area contributed by atoms with Gasteiger partial charge in [0.05, 0.1) is 6.04 Å². The summed E-state index contributed by atoms with van der Waals surface area (Å²) in [4.78, 5) is 8.55. The van der Waals surface area contributed by atoms with E-state index in [9.17, 15) is 0 Å². The quantitative estimate of drug-likeness (QED) is 0.601. The number of hydrazine groups is 1. The molecular weight excluding hydrogens is 228 g/mol. The zero-order valence-electron chi connectivity index (χ0n) is 10.7. The minimum atomic E-state index is -0.00630. The first-order chi connectivity index (χ1) is 8.76. The number of nitrogens with zero attached hydrogens (tertiary/aromatic N) is 4. The summed E-state index contributed by atoms with van der Waals surface area (Å²) in [7, 11) is 0.